The van der Waals surface area contributed by atoms with Crippen LogP contribution in [0.25, 0.3) is 0 Å². The van der Waals surface area contributed by atoms with Gasteiger partial charge in [-0.1, -0.05) is 37.1 Å². The van der Waals surface area contributed by atoms with Crippen LogP contribution in [0.1, 0.15) is 62.5 Å². The average molecular weight is 479 g/mol. The number of aliphatic hydroxyl groups excluding tert-OH is 1. The Morgan fingerprint density at radius 2 is 1.34 bits per heavy atom. The van der Waals surface area contributed by atoms with E-state index in [9.17, 15) is 19.5 Å². The van der Waals surface area contributed by atoms with Crippen molar-refractivity contribution >= 4 is 29.3 Å². The van der Waals surface area contributed by atoms with Crippen LogP contribution in [0.5, 0.6) is 0 Å². The molecule has 5 amide bonds. The summed E-state index contributed by atoms with van der Waals surface area (Å²) in [6.45, 7) is 1.04. The molecule has 0 saturated carbocycles. The Bertz CT molecular complexity index is 1020. The molecule has 186 valence electrons. The van der Waals surface area contributed by atoms with E-state index in [1.807, 2.05) is 48.5 Å². The van der Waals surface area contributed by atoms with Gasteiger partial charge in [-0.2, -0.15) is 0 Å². The molecular formula is C27H34N4O4. The van der Waals surface area contributed by atoms with E-state index in [4.69, 9.17) is 0 Å². The summed E-state index contributed by atoms with van der Waals surface area (Å²) in [5, 5.41) is 15.9. The monoisotopic (exact) mass is 478 g/mol. The third-order valence-corrected chi connectivity index (χ3v) is 6.62. The third-order valence-electron chi connectivity index (χ3n) is 6.62. The summed E-state index contributed by atoms with van der Waals surface area (Å²) in [7, 11) is 0. The van der Waals surface area contributed by atoms with Crippen LogP contribution in [0, 0.1) is 0 Å². The molecule has 2 aliphatic rings. The summed E-state index contributed by atoms with van der Waals surface area (Å²) in [6.07, 6.45) is 6.55. The van der Waals surface area contributed by atoms with Crippen molar-refractivity contribution in [3.05, 3.63) is 59.7 Å². The Hall–Kier alpha value is -3.39. The molecule has 8 heteroatoms. The highest BCUT2D eigenvalue weighted by molar-refractivity contribution is 6.01. The standard InChI is InChI=1S/C27H34N4O4/c32-24-7-3-1-5-17-30(24)26(34)28-22-13-9-20(10-14-22)19-21-11-15-23(16-12-21)29-27(35)31-18-6-2-4-8-25(31)33/h9-16,24,32H,1-8,17-19H2,(H,28,34)(H,29,35). The van der Waals surface area contributed by atoms with E-state index in [-0.39, 0.29) is 18.0 Å². The Kier molecular flexibility index (Phi) is 8.36. The molecule has 2 aliphatic heterocycles. The number of rotatable bonds is 4. The Morgan fingerprint density at radius 3 is 2.00 bits per heavy atom. The molecule has 1 unspecified atom stereocenters. The smallest absolute Gasteiger partial charge is 0.328 e. The van der Waals surface area contributed by atoms with Gasteiger partial charge in [0.2, 0.25) is 5.91 Å². The Labute approximate surface area is 206 Å². The van der Waals surface area contributed by atoms with Gasteiger partial charge in [-0.15, -0.1) is 0 Å². The van der Waals surface area contributed by atoms with E-state index in [0.29, 0.717) is 43.7 Å². The van der Waals surface area contributed by atoms with Gasteiger partial charge in [0.15, 0.2) is 0 Å². The molecule has 1 atom stereocenters. The van der Waals surface area contributed by atoms with Gasteiger partial charge in [-0.3, -0.25) is 14.6 Å². The van der Waals surface area contributed by atoms with Crippen LogP contribution in [-0.2, 0) is 11.2 Å². The number of hydrogen-bond donors (Lipinski definition) is 3. The lowest BCUT2D eigenvalue weighted by Crippen LogP contribution is -2.42. The molecule has 0 radical (unpaired) electrons. The van der Waals surface area contributed by atoms with E-state index < -0.39 is 6.23 Å². The van der Waals surface area contributed by atoms with Crippen molar-refractivity contribution in [1.82, 2.24) is 9.80 Å². The van der Waals surface area contributed by atoms with Gasteiger partial charge in [0, 0.05) is 30.9 Å². The molecule has 2 aromatic carbocycles. The minimum atomic E-state index is -0.727. The Morgan fingerprint density at radius 1 is 0.771 bits per heavy atom. The summed E-state index contributed by atoms with van der Waals surface area (Å²) >= 11 is 0. The number of likely N-dealkylation sites (tertiary alicyclic amines) is 2. The number of nitrogens with zero attached hydrogens (tertiary/aromatic N) is 2. The van der Waals surface area contributed by atoms with Crippen molar-refractivity contribution in [3.63, 3.8) is 0 Å². The lowest BCUT2D eigenvalue weighted by atomic mass is 10.0. The number of urea groups is 2. The zero-order chi connectivity index (χ0) is 24.6. The van der Waals surface area contributed by atoms with Gasteiger partial charge in [-0.25, -0.2) is 9.59 Å². The van der Waals surface area contributed by atoms with Crippen LogP contribution < -0.4 is 10.6 Å². The van der Waals surface area contributed by atoms with Crippen LogP contribution in [0.3, 0.4) is 0 Å². The highest BCUT2D eigenvalue weighted by atomic mass is 16.3. The first-order valence-corrected chi connectivity index (χ1v) is 12.5. The predicted molar refractivity (Wildman–Crippen MR) is 135 cm³/mol. The molecule has 0 spiro atoms. The summed E-state index contributed by atoms with van der Waals surface area (Å²) < 4.78 is 0. The fraction of sp³-hybridized carbons (Fsp3) is 0.444. The highest BCUT2D eigenvalue weighted by Crippen LogP contribution is 2.19. The number of benzene rings is 2. The lowest BCUT2D eigenvalue weighted by Gasteiger charge is -2.26. The number of imide groups is 1. The lowest BCUT2D eigenvalue weighted by molar-refractivity contribution is -0.127. The second kappa shape index (κ2) is 11.8. The number of aliphatic hydroxyl groups is 1. The topological polar surface area (TPSA) is 102 Å². The molecule has 0 bridgehead atoms. The van der Waals surface area contributed by atoms with Gasteiger partial charge in [0.05, 0.1) is 0 Å². The van der Waals surface area contributed by atoms with Crippen LogP contribution in [0.2, 0.25) is 0 Å². The largest absolute Gasteiger partial charge is 0.373 e. The van der Waals surface area contributed by atoms with Crippen molar-refractivity contribution in [3.8, 4) is 0 Å². The molecule has 0 aliphatic carbocycles. The maximum atomic E-state index is 12.6. The quantitative estimate of drug-likeness (QED) is 0.579. The molecule has 2 fully saturated rings. The SMILES string of the molecule is O=C1CCCCCN1C(=O)Nc1ccc(Cc2ccc(NC(=O)N3CCCCCC3O)cc2)cc1. The first-order valence-electron chi connectivity index (χ1n) is 12.5. The van der Waals surface area contributed by atoms with Crippen LogP contribution in [-0.4, -0.2) is 52.2 Å². The van der Waals surface area contributed by atoms with Crippen molar-refractivity contribution in [2.24, 2.45) is 0 Å². The average Bonchev–Trinajstić information content (AvgIpc) is 3.21. The molecule has 4 rings (SSSR count). The van der Waals surface area contributed by atoms with E-state index in [1.54, 1.807) is 0 Å². The maximum Gasteiger partial charge on any atom is 0.328 e. The number of nitrogens with one attached hydrogen (secondary N) is 2. The van der Waals surface area contributed by atoms with E-state index in [1.165, 1.54) is 9.80 Å². The van der Waals surface area contributed by atoms with Crippen molar-refractivity contribution in [1.29, 1.82) is 0 Å². The van der Waals surface area contributed by atoms with Gasteiger partial charge in [0.1, 0.15) is 6.23 Å². The zero-order valence-corrected chi connectivity index (χ0v) is 20.0. The van der Waals surface area contributed by atoms with Gasteiger partial charge < -0.3 is 15.7 Å². The zero-order valence-electron chi connectivity index (χ0n) is 20.0. The van der Waals surface area contributed by atoms with Gasteiger partial charge in [0.25, 0.3) is 0 Å². The Balaban J connectivity index is 1.29. The van der Waals surface area contributed by atoms with Gasteiger partial charge >= 0.3 is 12.1 Å². The maximum absolute atomic E-state index is 12.6. The first kappa shape index (κ1) is 24.7. The predicted octanol–water partition coefficient (Wildman–Crippen LogP) is 4.94. The van der Waals surface area contributed by atoms with E-state index in [0.717, 1.165) is 49.7 Å². The number of amides is 5. The summed E-state index contributed by atoms with van der Waals surface area (Å²) in [5.41, 5.74) is 3.52. The number of carbonyl (C=O) groups is 3. The second-order valence-electron chi connectivity index (χ2n) is 9.31. The van der Waals surface area contributed by atoms with Crippen LogP contribution in [0.4, 0.5) is 21.0 Å². The van der Waals surface area contributed by atoms with Crippen LogP contribution in [0.15, 0.2) is 48.5 Å². The molecule has 35 heavy (non-hydrogen) atoms. The second-order valence-corrected chi connectivity index (χ2v) is 9.31. The molecule has 2 aromatic rings. The molecule has 2 heterocycles. The summed E-state index contributed by atoms with van der Waals surface area (Å²) in [6, 6.07) is 14.6. The van der Waals surface area contributed by atoms with Gasteiger partial charge in [-0.05, 0) is 73.9 Å². The first-order chi connectivity index (χ1) is 17.0. The third kappa shape index (κ3) is 6.82. The minimum Gasteiger partial charge on any atom is -0.373 e. The molecule has 0 aromatic heterocycles. The molecular weight excluding hydrogens is 444 g/mol. The summed E-state index contributed by atoms with van der Waals surface area (Å²) in [5.74, 6) is -0.112. The highest BCUT2D eigenvalue weighted by Gasteiger charge is 2.24. The minimum absolute atomic E-state index is 0.112. The van der Waals surface area contributed by atoms with Crippen molar-refractivity contribution in [2.45, 2.75) is 64.0 Å². The fourth-order valence-corrected chi connectivity index (χ4v) is 4.56. The van der Waals surface area contributed by atoms with Crippen molar-refractivity contribution < 1.29 is 19.5 Å². The number of carbonyl (C=O) groups excluding carboxylic acids is 3. The van der Waals surface area contributed by atoms with Crippen molar-refractivity contribution in [2.75, 3.05) is 23.7 Å². The van der Waals surface area contributed by atoms with E-state index >= 15 is 0 Å². The molecule has 8 nitrogen and oxygen atoms in total. The van der Waals surface area contributed by atoms with E-state index in [2.05, 4.69) is 10.6 Å². The number of anilines is 2. The fourth-order valence-electron chi connectivity index (χ4n) is 4.56. The summed E-state index contributed by atoms with van der Waals surface area (Å²) in [4.78, 5) is 40.0. The normalized spacial score (nSPS) is 19.0. The molecule has 2 saturated heterocycles. The number of hydrogen-bond acceptors (Lipinski definition) is 4. The van der Waals surface area contributed by atoms with Crippen LogP contribution >= 0.6 is 0 Å². The molecule has 3 N–H and O–H groups in total.